The number of unbranched alkanes of at least 4 members (excludes halogenated alkanes) is 13. The monoisotopic (exact) mass is 826 g/mol. The van der Waals surface area contributed by atoms with Crippen molar-refractivity contribution in [1.29, 1.82) is 0 Å². The number of aliphatic hydroxyl groups excluding tert-OH is 2. The molecule has 1 amide bonds. The van der Waals surface area contributed by atoms with Crippen LogP contribution in [0.15, 0.2) is 134 Å². The number of nitrogens with one attached hydrogen (secondary N) is 1. The van der Waals surface area contributed by atoms with Crippen molar-refractivity contribution in [3.63, 3.8) is 0 Å². The Morgan fingerprint density at radius 3 is 1.08 bits per heavy atom. The van der Waals surface area contributed by atoms with Crippen molar-refractivity contribution in [1.82, 2.24) is 5.32 Å². The molecule has 2 unspecified atom stereocenters. The topological polar surface area (TPSA) is 69.6 Å². The molecule has 0 aliphatic rings. The fourth-order valence-corrected chi connectivity index (χ4v) is 6.48. The van der Waals surface area contributed by atoms with Gasteiger partial charge in [-0.1, -0.05) is 225 Å². The summed E-state index contributed by atoms with van der Waals surface area (Å²) in [5, 5.41) is 23.1. The molecule has 0 spiro atoms. The van der Waals surface area contributed by atoms with Crippen LogP contribution in [0, 0.1) is 0 Å². The van der Waals surface area contributed by atoms with Crippen molar-refractivity contribution in [2.24, 2.45) is 0 Å². The molecular weight excluding hydrogens is 735 g/mol. The molecule has 60 heavy (non-hydrogen) atoms. The molecule has 0 radical (unpaired) electrons. The van der Waals surface area contributed by atoms with E-state index in [9.17, 15) is 15.0 Å². The minimum absolute atomic E-state index is 0.0710. The highest BCUT2D eigenvalue weighted by Gasteiger charge is 2.19. The summed E-state index contributed by atoms with van der Waals surface area (Å²) >= 11 is 0. The molecule has 2 atom stereocenters. The van der Waals surface area contributed by atoms with E-state index in [2.05, 4.69) is 153 Å². The number of hydrogen-bond acceptors (Lipinski definition) is 3. The fraction of sp³-hybridized carbons (Fsp3) is 0.589. The van der Waals surface area contributed by atoms with E-state index in [-0.39, 0.29) is 12.5 Å². The highest BCUT2D eigenvalue weighted by Crippen LogP contribution is 2.14. The standard InChI is InChI=1S/C56H91NO3/c1-3-5-7-9-11-13-15-16-17-18-19-20-21-22-23-24-25-26-27-28-29-30-31-32-33-34-35-36-37-38-39-40-42-44-46-48-50-52-56(60)57-54(53-58)55(59)51-49-47-45-43-41-14-12-10-8-6-4-2/h5,7,11,13,16-17,19-20,22-23,25-26,28-29,31-32,34-35,37-38,40,42,54-55,58-59H,3-4,6,8-10,12,14-15,18,21,24,27,30,33,36,39,41,43-53H2,1-2H3,(H,57,60)/b7-5-,13-11-,17-16-,20-19-,23-22-,26-25-,29-28-,32-31-,35-34-,38-37-,42-40-. The predicted octanol–water partition coefficient (Wildman–Crippen LogP) is 15.9. The van der Waals surface area contributed by atoms with Gasteiger partial charge in [-0.15, -0.1) is 0 Å². The lowest BCUT2D eigenvalue weighted by Gasteiger charge is -2.22. The van der Waals surface area contributed by atoms with Gasteiger partial charge in [-0.3, -0.25) is 4.79 Å². The summed E-state index contributed by atoms with van der Waals surface area (Å²) in [4.78, 5) is 12.4. The average molecular weight is 826 g/mol. The maximum Gasteiger partial charge on any atom is 0.220 e. The summed E-state index contributed by atoms with van der Waals surface area (Å²) in [6.07, 6.45) is 78.3. The number of carbonyl (C=O) groups excluding carboxylic acids is 1. The zero-order valence-electron chi connectivity index (χ0n) is 38.7. The molecular formula is C56H91NO3. The first kappa shape index (κ1) is 56.5. The average Bonchev–Trinajstić information content (AvgIpc) is 3.25. The molecule has 0 aliphatic heterocycles. The van der Waals surface area contributed by atoms with Crippen molar-refractivity contribution < 1.29 is 15.0 Å². The van der Waals surface area contributed by atoms with Crippen LogP contribution in [0.3, 0.4) is 0 Å². The summed E-state index contributed by atoms with van der Waals surface area (Å²) in [6.45, 7) is 4.20. The van der Waals surface area contributed by atoms with Gasteiger partial charge in [0.15, 0.2) is 0 Å². The molecule has 0 aromatic rings. The third kappa shape index (κ3) is 45.6. The summed E-state index contributed by atoms with van der Waals surface area (Å²) in [5.41, 5.74) is 0. The van der Waals surface area contributed by atoms with Gasteiger partial charge < -0.3 is 15.5 Å². The van der Waals surface area contributed by atoms with E-state index < -0.39 is 12.1 Å². The van der Waals surface area contributed by atoms with Gasteiger partial charge in [0, 0.05) is 6.42 Å². The second kappa shape index (κ2) is 49.9. The molecule has 0 aromatic heterocycles. The molecule has 4 nitrogen and oxygen atoms in total. The minimum Gasteiger partial charge on any atom is -0.394 e. The van der Waals surface area contributed by atoms with E-state index >= 15 is 0 Å². The van der Waals surface area contributed by atoms with Crippen molar-refractivity contribution >= 4 is 5.91 Å². The lowest BCUT2D eigenvalue weighted by Crippen LogP contribution is -2.45. The number of hydrogen-bond donors (Lipinski definition) is 3. The van der Waals surface area contributed by atoms with Crippen LogP contribution in [0.4, 0.5) is 0 Å². The Kier molecular flexibility index (Phi) is 47.0. The maximum absolute atomic E-state index is 12.4. The van der Waals surface area contributed by atoms with Gasteiger partial charge in [-0.2, -0.15) is 0 Å². The first-order valence-corrected chi connectivity index (χ1v) is 24.4. The Balaban J connectivity index is 3.71. The summed E-state index contributed by atoms with van der Waals surface area (Å²) in [6, 6.07) is -0.562. The number of carbonyl (C=O) groups is 1. The molecule has 0 heterocycles. The summed E-state index contributed by atoms with van der Waals surface area (Å²) in [5.74, 6) is -0.0710. The quantitative estimate of drug-likeness (QED) is 0.0424. The van der Waals surface area contributed by atoms with Crippen LogP contribution in [0.25, 0.3) is 0 Å². The molecule has 338 valence electrons. The molecule has 0 bridgehead atoms. The van der Waals surface area contributed by atoms with Crippen LogP contribution >= 0.6 is 0 Å². The van der Waals surface area contributed by atoms with Crippen LogP contribution in [0.2, 0.25) is 0 Å². The molecule has 0 aromatic carbocycles. The van der Waals surface area contributed by atoms with Crippen LogP contribution in [-0.2, 0) is 4.79 Å². The van der Waals surface area contributed by atoms with Gasteiger partial charge >= 0.3 is 0 Å². The molecule has 3 N–H and O–H groups in total. The van der Waals surface area contributed by atoms with Crippen LogP contribution < -0.4 is 5.32 Å². The first-order valence-electron chi connectivity index (χ1n) is 24.4. The van der Waals surface area contributed by atoms with Crippen LogP contribution in [0.5, 0.6) is 0 Å². The molecule has 0 saturated heterocycles. The smallest absolute Gasteiger partial charge is 0.220 e. The van der Waals surface area contributed by atoms with Crippen LogP contribution in [-0.4, -0.2) is 34.9 Å². The lowest BCUT2D eigenvalue weighted by molar-refractivity contribution is -0.123. The van der Waals surface area contributed by atoms with E-state index in [0.717, 1.165) is 109 Å². The van der Waals surface area contributed by atoms with Gasteiger partial charge in [0.05, 0.1) is 18.8 Å². The third-order valence-corrected chi connectivity index (χ3v) is 10.2. The van der Waals surface area contributed by atoms with E-state index in [1.165, 1.54) is 57.8 Å². The maximum atomic E-state index is 12.4. The van der Waals surface area contributed by atoms with Crippen molar-refractivity contribution in [2.45, 2.75) is 206 Å². The molecule has 4 heteroatoms. The zero-order chi connectivity index (χ0) is 43.5. The normalized spacial score (nSPS) is 14.1. The van der Waals surface area contributed by atoms with Crippen molar-refractivity contribution in [2.75, 3.05) is 6.61 Å². The predicted molar refractivity (Wildman–Crippen MR) is 266 cm³/mol. The largest absolute Gasteiger partial charge is 0.394 e. The zero-order valence-corrected chi connectivity index (χ0v) is 38.7. The molecule has 0 saturated carbocycles. The van der Waals surface area contributed by atoms with Gasteiger partial charge in [-0.05, 0) is 96.3 Å². The molecule has 0 fully saturated rings. The molecule has 0 aliphatic carbocycles. The van der Waals surface area contributed by atoms with Gasteiger partial charge in [0.1, 0.15) is 0 Å². The summed E-state index contributed by atoms with van der Waals surface area (Å²) < 4.78 is 0. The fourth-order valence-electron chi connectivity index (χ4n) is 6.48. The Hall–Kier alpha value is -3.47. The Morgan fingerprint density at radius 2 is 0.733 bits per heavy atom. The first-order chi connectivity index (χ1) is 29.7. The highest BCUT2D eigenvalue weighted by atomic mass is 16.3. The number of aliphatic hydroxyl groups is 2. The number of rotatable bonds is 42. The Morgan fingerprint density at radius 1 is 0.417 bits per heavy atom. The third-order valence-electron chi connectivity index (χ3n) is 10.2. The Bertz CT molecular complexity index is 1260. The SMILES string of the molecule is CC/C=C\C/C=C\C/C=C\C/C=C\C/C=C\C/C=C\C/C=C\C/C=C\C/C=C\C/C=C\C/C=C\CCCCCC(=O)NC(CO)C(O)CCCCCCCCCCCCC. The van der Waals surface area contributed by atoms with E-state index in [4.69, 9.17) is 0 Å². The number of allylic oxidation sites excluding steroid dienone is 22. The van der Waals surface area contributed by atoms with Gasteiger partial charge in [0.25, 0.3) is 0 Å². The van der Waals surface area contributed by atoms with E-state index in [1.807, 2.05) is 0 Å². The molecule has 0 rings (SSSR count). The highest BCUT2D eigenvalue weighted by molar-refractivity contribution is 5.76. The van der Waals surface area contributed by atoms with E-state index in [0.29, 0.717) is 12.8 Å². The van der Waals surface area contributed by atoms with Gasteiger partial charge in [-0.25, -0.2) is 0 Å². The second-order valence-electron chi connectivity index (χ2n) is 15.8. The lowest BCUT2D eigenvalue weighted by atomic mass is 10.0. The second-order valence-corrected chi connectivity index (χ2v) is 15.8. The minimum atomic E-state index is -0.681. The van der Waals surface area contributed by atoms with Crippen molar-refractivity contribution in [3.05, 3.63) is 134 Å². The van der Waals surface area contributed by atoms with Gasteiger partial charge in [0.2, 0.25) is 5.91 Å². The van der Waals surface area contributed by atoms with Crippen LogP contribution in [0.1, 0.15) is 194 Å². The number of amides is 1. The summed E-state index contributed by atoms with van der Waals surface area (Å²) in [7, 11) is 0. The van der Waals surface area contributed by atoms with Crippen molar-refractivity contribution in [3.8, 4) is 0 Å². The Labute approximate surface area is 371 Å². The van der Waals surface area contributed by atoms with E-state index in [1.54, 1.807) is 0 Å².